The number of aromatic hydroxyl groups is 1. The summed E-state index contributed by atoms with van der Waals surface area (Å²) in [6.07, 6.45) is -5.21. The predicted molar refractivity (Wildman–Crippen MR) is 53.7 cm³/mol. The minimum Gasteiger partial charge on any atom is -0.508 e. The smallest absolute Gasteiger partial charge is 0.454 e. The largest absolute Gasteiger partial charge is 0.508 e. The van der Waals surface area contributed by atoms with Gasteiger partial charge in [-0.2, -0.15) is 21.6 Å². The topological polar surface area (TPSA) is 91.7 Å². The SMILES string of the molecule is O=C(c1cccc(O)c1CS(=O)(=O)O)C(F)(F)F. The molecule has 0 amide bonds. The molecule has 100 valence electrons. The molecule has 0 aliphatic rings. The highest BCUT2D eigenvalue weighted by atomic mass is 32.2. The van der Waals surface area contributed by atoms with Crippen molar-refractivity contribution in [3.63, 3.8) is 0 Å². The van der Waals surface area contributed by atoms with Crippen LogP contribution in [0.1, 0.15) is 15.9 Å². The molecule has 0 spiro atoms. The first-order valence-electron chi connectivity index (χ1n) is 4.40. The number of Topliss-reactive ketones (excluding diaryl/α,β-unsaturated/α-hetero) is 1. The Bertz CT molecular complexity index is 576. The second-order valence-corrected chi connectivity index (χ2v) is 4.81. The molecule has 0 bridgehead atoms. The van der Waals surface area contributed by atoms with Gasteiger partial charge in [-0.05, 0) is 6.07 Å². The van der Waals surface area contributed by atoms with E-state index in [1.165, 1.54) is 0 Å². The van der Waals surface area contributed by atoms with Gasteiger partial charge in [0.25, 0.3) is 15.9 Å². The summed E-state index contributed by atoms with van der Waals surface area (Å²) >= 11 is 0. The number of rotatable bonds is 3. The van der Waals surface area contributed by atoms with Gasteiger partial charge in [0.2, 0.25) is 0 Å². The van der Waals surface area contributed by atoms with Crippen molar-refractivity contribution in [3.8, 4) is 5.75 Å². The maximum Gasteiger partial charge on any atom is 0.454 e. The van der Waals surface area contributed by atoms with Gasteiger partial charge in [0.1, 0.15) is 11.5 Å². The Morgan fingerprint density at radius 2 is 1.83 bits per heavy atom. The van der Waals surface area contributed by atoms with Gasteiger partial charge >= 0.3 is 6.18 Å². The molecule has 0 saturated heterocycles. The van der Waals surface area contributed by atoms with Gasteiger partial charge in [0, 0.05) is 11.1 Å². The highest BCUT2D eigenvalue weighted by Crippen LogP contribution is 2.29. The number of alkyl halides is 3. The van der Waals surface area contributed by atoms with Gasteiger partial charge in [-0.15, -0.1) is 0 Å². The molecule has 5 nitrogen and oxygen atoms in total. The highest BCUT2D eigenvalue weighted by molar-refractivity contribution is 7.85. The summed E-state index contributed by atoms with van der Waals surface area (Å²) in [6.45, 7) is 0. The number of halogens is 3. The lowest BCUT2D eigenvalue weighted by Crippen LogP contribution is -2.24. The van der Waals surface area contributed by atoms with Crippen molar-refractivity contribution in [2.24, 2.45) is 0 Å². The van der Waals surface area contributed by atoms with E-state index in [2.05, 4.69) is 0 Å². The molecule has 0 unspecified atom stereocenters. The van der Waals surface area contributed by atoms with Crippen molar-refractivity contribution in [3.05, 3.63) is 29.3 Å². The molecule has 0 aliphatic carbocycles. The van der Waals surface area contributed by atoms with Crippen molar-refractivity contribution in [2.75, 3.05) is 0 Å². The van der Waals surface area contributed by atoms with Crippen LogP contribution < -0.4 is 0 Å². The number of hydrogen-bond donors (Lipinski definition) is 2. The molecule has 0 saturated carbocycles. The molecule has 0 aromatic heterocycles. The van der Waals surface area contributed by atoms with Crippen LogP contribution in [-0.2, 0) is 15.9 Å². The van der Waals surface area contributed by atoms with Crippen LogP contribution in [0, 0.1) is 0 Å². The van der Waals surface area contributed by atoms with E-state index in [1.54, 1.807) is 0 Å². The molecule has 18 heavy (non-hydrogen) atoms. The molecule has 9 heteroatoms. The van der Waals surface area contributed by atoms with Crippen LogP contribution >= 0.6 is 0 Å². The van der Waals surface area contributed by atoms with E-state index in [9.17, 15) is 31.5 Å². The zero-order chi connectivity index (χ0) is 14.1. The standard InChI is InChI=1S/C9H7F3O5S/c10-9(11,12)8(14)5-2-1-3-7(13)6(5)4-18(15,16)17/h1-3,13H,4H2,(H,15,16,17). The maximum atomic E-state index is 12.2. The second-order valence-electron chi connectivity index (χ2n) is 3.36. The summed E-state index contributed by atoms with van der Waals surface area (Å²) in [5.74, 6) is -4.39. The maximum absolute atomic E-state index is 12.2. The molecule has 1 aromatic carbocycles. The Balaban J connectivity index is 3.38. The van der Waals surface area contributed by atoms with E-state index in [1.807, 2.05) is 0 Å². The molecule has 0 atom stereocenters. The van der Waals surface area contributed by atoms with Gasteiger partial charge in [-0.3, -0.25) is 9.35 Å². The van der Waals surface area contributed by atoms with Crippen LogP contribution in [-0.4, -0.2) is 30.0 Å². The van der Waals surface area contributed by atoms with Crippen molar-refractivity contribution in [1.82, 2.24) is 0 Å². The fourth-order valence-corrected chi connectivity index (χ4v) is 1.94. The lowest BCUT2D eigenvalue weighted by atomic mass is 10.0. The summed E-state index contributed by atoms with van der Waals surface area (Å²) in [5, 5.41) is 9.27. The normalized spacial score (nSPS) is 12.4. The first-order valence-corrected chi connectivity index (χ1v) is 6.01. The van der Waals surface area contributed by atoms with Gasteiger partial charge in [0.05, 0.1) is 0 Å². The third-order valence-corrected chi connectivity index (χ3v) is 2.63. The van der Waals surface area contributed by atoms with Gasteiger partial charge in [-0.25, -0.2) is 0 Å². The van der Waals surface area contributed by atoms with Gasteiger partial charge in [-0.1, -0.05) is 12.1 Å². The molecule has 0 radical (unpaired) electrons. The van der Waals surface area contributed by atoms with Crippen LogP contribution in [0.15, 0.2) is 18.2 Å². The van der Waals surface area contributed by atoms with Crippen molar-refractivity contribution >= 4 is 15.9 Å². The average Bonchev–Trinajstić information content (AvgIpc) is 2.17. The minimum atomic E-state index is -5.21. The summed E-state index contributed by atoms with van der Waals surface area (Å²) < 4.78 is 66.5. The van der Waals surface area contributed by atoms with E-state index in [0.717, 1.165) is 18.2 Å². The van der Waals surface area contributed by atoms with Gasteiger partial charge in [0.15, 0.2) is 0 Å². The Labute approximate surface area is 99.6 Å². The number of ketones is 1. The number of phenolic OH excluding ortho intramolecular Hbond substituents is 1. The number of hydrogen-bond acceptors (Lipinski definition) is 4. The quantitative estimate of drug-likeness (QED) is 0.648. The summed E-state index contributed by atoms with van der Waals surface area (Å²) in [5.41, 5.74) is -1.80. The Kier molecular flexibility index (Phi) is 3.67. The Morgan fingerprint density at radius 1 is 1.28 bits per heavy atom. The van der Waals surface area contributed by atoms with Crippen molar-refractivity contribution < 1.29 is 36.0 Å². The van der Waals surface area contributed by atoms with Crippen LogP contribution in [0.25, 0.3) is 0 Å². The molecular weight excluding hydrogens is 277 g/mol. The Morgan fingerprint density at radius 3 is 2.28 bits per heavy atom. The van der Waals surface area contributed by atoms with Gasteiger partial charge < -0.3 is 5.11 Å². The molecule has 0 fully saturated rings. The summed E-state index contributed by atoms with van der Waals surface area (Å²) in [7, 11) is -4.68. The fourth-order valence-electron chi connectivity index (χ4n) is 1.27. The minimum absolute atomic E-state index is 0.718. The molecule has 1 aromatic rings. The van der Waals surface area contributed by atoms with Crippen molar-refractivity contribution in [2.45, 2.75) is 11.9 Å². The monoisotopic (exact) mass is 284 g/mol. The van der Waals surface area contributed by atoms with Crippen LogP contribution in [0.5, 0.6) is 5.75 Å². The van der Waals surface area contributed by atoms with E-state index in [-0.39, 0.29) is 0 Å². The van der Waals surface area contributed by atoms with E-state index in [4.69, 9.17) is 4.55 Å². The zero-order valence-corrected chi connectivity index (χ0v) is 9.42. The number of carbonyl (C=O) groups excluding carboxylic acids is 1. The lowest BCUT2D eigenvalue weighted by molar-refractivity contribution is -0.0885. The third-order valence-electron chi connectivity index (χ3n) is 1.98. The summed E-state index contributed by atoms with van der Waals surface area (Å²) in [6, 6.07) is 2.59. The number of benzene rings is 1. The van der Waals surface area contributed by atoms with E-state index < -0.39 is 44.7 Å². The third kappa shape index (κ3) is 3.44. The number of phenols is 1. The predicted octanol–water partition coefficient (Wildman–Crippen LogP) is 1.53. The first-order chi connectivity index (χ1) is 8.02. The molecular formula is C9H7F3O5S. The molecule has 2 N–H and O–H groups in total. The zero-order valence-electron chi connectivity index (χ0n) is 8.60. The molecule has 0 heterocycles. The summed E-state index contributed by atoms with van der Waals surface area (Å²) in [4.78, 5) is 11.0. The lowest BCUT2D eigenvalue weighted by Gasteiger charge is -2.11. The van der Waals surface area contributed by atoms with E-state index in [0.29, 0.717) is 0 Å². The fraction of sp³-hybridized carbons (Fsp3) is 0.222. The van der Waals surface area contributed by atoms with E-state index >= 15 is 0 Å². The second kappa shape index (κ2) is 4.58. The highest BCUT2D eigenvalue weighted by Gasteiger charge is 2.41. The average molecular weight is 284 g/mol. The number of carbonyl (C=O) groups is 1. The van der Waals surface area contributed by atoms with Crippen molar-refractivity contribution in [1.29, 1.82) is 0 Å². The van der Waals surface area contributed by atoms with Crippen LogP contribution in [0.2, 0.25) is 0 Å². The molecule has 0 aliphatic heterocycles. The molecule has 1 rings (SSSR count). The van der Waals surface area contributed by atoms with Crippen LogP contribution in [0.3, 0.4) is 0 Å². The van der Waals surface area contributed by atoms with Crippen LogP contribution in [0.4, 0.5) is 13.2 Å². The first kappa shape index (κ1) is 14.5. The Hall–Kier alpha value is -1.61.